The van der Waals surface area contributed by atoms with Crippen molar-refractivity contribution in [3.05, 3.63) is 47.8 Å². The Morgan fingerprint density at radius 3 is 2.62 bits per heavy atom. The fourth-order valence-electron chi connectivity index (χ4n) is 2.60. The summed E-state index contributed by atoms with van der Waals surface area (Å²) in [6.45, 7) is 0.463. The summed E-state index contributed by atoms with van der Waals surface area (Å²) in [6, 6.07) is 11.5. The number of unbranched alkanes of at least 4 members (excludes halogenated alkanes) is 1. The Kier molecular flexibility index (Phi) is 4.93. The summed E-state index contributed by atoms with van der Waals surface area (Å²) in [5.41, 5.74) is 2.36. The number of nitrogens with zero attached hydrogens (tertiary/aromatic N) is 2. The van der Waals surface area contributed by atoms with Crippen molar-refractivity contribution in [2.45, 2.75) is 38.0 Å². The summed E-state index contributed by atoms with van der Waals surface area (Å²) in [6.07, 6.45) is 3.58. The lowest BCUT2D eigenvalue weighted by atomic mass is 10.2. The van der Waals surface area contributed by atoms with Crippen molar-refractivity contribution in [2.75, 3.05) is 6.54 Å². The predicted octanol–water partition coefficient (Wildman–Crippen LogP) is 2.73. The van der Waals surface area contributed by atoms with E-state index in [4.69, 9.17) is 5.11 Å². The van der Waals surface area contributed by atoms with E-state index in [1.54, 1.807) is 4.68 Å². The van der Waals surface area contributed by atoms with Crippen LogP contribution in [0.15, 0.2) is 36.4 Å². The molecular weight excluding hydrogens is 306 g/mol. The SMILES string of the molecule is O=C(O)CCCCNC(=O)c1cc(C2CC2)nn1-c1ccccc1. The molecular formula is C18H21N3O3. The Labute approximate surface area is 140 Å². The highest BCUT2D eigenvalue weighted by Gasteiger charge is 2.28. The summed E-state index contributed by atoms with van der Waals surface area (Å²) in [5, 5.41) is 16.1. The molecule has 0 saturated heterocycles. The second kappa shape index (κ2) is 7.29. The van der Waals surface area contributed by atoms with E-state index in [1.807, 2.05) is 36.4 Å². The smallest absolute Gasteiger partial charge is 0.303 e. The van der Waals surface area contributed by atoms with Crippen molar-refractivity contribution in [1.82, 2.24) is 15.1 Å². The fourth-order valence-corrected chi connectivity index (χ4v) is 2.60. The molecule has 0 bridgehead atoms. The van der Waals surface area contributed by atoms with E-state index in [0.29, 0.717) is 31.0 Å². The van der Waals surface area contributed by atoms with Crippen molar-refractivity contribution in [3.63, 3.8) is 0 Å². The number of rotatable bonds is 8. The Balaban J connectivity index is 1.69. The third-order valence-electron chi connectivity index (χ3n) is 4.06. The van der Waals surface area contributed by atoms with Crippen LogP contribution in [0, 0.1) is 0 Å². The zero-order chi connectivity index (χ0) is 16.9. The Bertz CT molecular complexity index is 720. The van der Waals surface area contributed by atoms with Gasteiger partial charge in [0.15, 0.2) is 0 Å². The van der Waals surface area contributed by atoms with Gasteiger partial charge in [-0.25, -0.2) is 4.68 Å². The van der Waals surface area contributed by atoms with E-state index in [0.717, 1.165) is 24.2 Å². The fraction of sp³-hybridized carbons (Fsp3) is 0.389. The zero-order valence-electron chi connectivity index (χ0n) is 13.4. The first kappa shape index (κ1) is 16.2. The minimum Gasteiger partial charge on any atom is -0.481 e. The van der Waals surface area contributed by atoms with Crippen LogP contribution in [-0.4, -0.2) is 33.3 Å². The zero-order valence-corrected chi connectivity index (χ0v) is 13.4. The van der Waals surface area contributed by atoms with Gasteiger partial charge in [-0.1, -0.05) is 18.2 Å². The number of carbonyl (C=O) groups is 2. The molecule has 1 aromatic carbocycles. The van der Waals surface area contributed by atoms with Gasteiger partial charge < -0.3 is 10.4 Å². The molecule has 1 aromatic heterocycles. The monoisotopic (exact) mass is 327 g/mol. The van der Waals surface area contributed by atoms with Crippen molar-refractivity contribution >= 4 is 11.9 Å². The number of para-hydroxylation sites is 1. The molecule has 1 saturated carbocycles. The molecule has 6 nitrogen and oxygen atoms in total. The maximum Gasteiger partial charge on any atom is 0.303 e. The van der Waals surface area contributed by atoms with Crippen LogP contribution in [0.5, 0.6) is 0 Å². The number of carboxylic acid groups (broad SMARTS) is 1. The third-order valence-corrected chi connectivity index (χ3v) is 4.06. The van der Waals surface area contributed by atoms with Gasteiger partial charge in [0.05, 0.1) is 11.4 Å². The number of carbonyl (C=O) groups excluding carboxylic acids is 1. The van der Waals surface area contributed by atoms with Gasteiger partial charge in [0, 0.05) is 18.9 Å². The Morgan fingerprint density at radius 2 is 1.96 bits per heavy atom. The topological polar surface area (TPSA) is 84.2 Å². The minimum absolute atomic E-state index is 0.129. The quantitative estimate of drug-likeness (QED) is 0.730. The second-order valence-electron chi connectivity index (χ2n) is 6.08. The van der Waals surface area contributed by atoms with Gasteiger partial charge in [0.25, 0.3) is 5.91 Å². The predicted molar refractivity (Wildman–Crippen MR) is 89.4 cm³/mol. The summed E-state index contributed by atoms with van der Waals surface area (Å²) >= 11 is 0. The maximum absolute atomic E-state index is 12.5. The molecule has 126 valence electrons. The number of benzene rings is 1. The van der Waals surface area contributed by atoms with Crippen molar-refractivity contribution in [3.8, 4) is 5.69 Å². The number of aliphatic carboxylic acids is 1. The number of aromatic nitrogens is 2. The third kappa shape index (κ3) is 4.01. The number of carboxylic acids is 1. The van der Waals surface area contributed by atoms with Crippen LogP contribution in [0.4, 0.5) is 0 Å². The van der Waals surface area contributed by atoms with E-state index >= 15 is 0 Å². The number of amides is 1. The van der Waals surface area contributed by atoms with E-state index in [-0.39, 0.29) is 12.3 Å². The Hall–Kier alpha value is -2.63. The van der Waals surface area contributed by atoms with Gasteiger partial charge >= 0.3 is 5.97 Å². The molecule has 2 N–H and O–H groups in total. The molecule has 6 heteroatoms. The normalized spacial score (nSPS) is 13.7. The Morgan fingerprint density at radius 1 is 1.21 bits per heavy atom. The molecule has 1 aliphatic rings. The molecule has 1 fully saturated rings. The van der Waals surface area contributed by atoms with Crippen LogP contribution in [0.25, 0.3) is 5.69 Å². The van der Waals surface area contributed by atoms with Crippen LogP contribution >= 0.6 is 0 Å². The van der Waals surface area contributed by atoms with Crippen molar-refractivity contribution in [1.29, 1.82) is 0 Å². The van der Waals surface area contributed by atoms with Crippen LogP contribution in [-0.2, 0) is 4.79 Å². The minimum atomic E-state index is -0.808. The second-order valence-corrected chi connectivity index (χ2v) is 6.08. The van der Waals surface area contributed by atoms with Crippen molar-refractivity contribution in [2.24, 2.45) is 0 Å². The lowest BCUT2D eigenvalue weighted by Crippen LogP contribution is -2.26. The highest BCUT2D eigenvalue weighted by atomic mass is 16.4. The van der Waals surface area contributed by atoms with Crippen LogP contribution in [0.1, 0.15) is 54.2 Å². The number of nitrogens with one attached hydrogen (secondary N) is 1. The highest BCUT2D eigenvalue weighted by Crippen LogP contribution is 2.39. The van der Waals surface area contributed by atoms with Gasteiger partial charge in [-0.05, 0) is 43.9 Å². The molecule has 3 rings (SSSR count). The van der Waals surface area contributed by atoms with Gasteiger partial charge in [0.1, 0.15) is 5.69 Å². The average molecular weight is 327 g/mol. The van der Waals surface area contributed by atoms with E-state index in [9.17, 15) is 9.59 Å². The van der Waals surface area contributed by atoms with Gasteiger partial charge in [-0.2, -0.15) is 5.10 Å². The van der Waals surface area contributed by atoms with Crippen LogP contribution < -0.4 is 5.32 Å². The standard InChI is InChI=1S/C18H21N3O3/c22-17(23)8-4-5-11-19-18(24)16-12-15(13-9-10-13)20-21(16)14-6-2-1-3-7-14/h1-3,6-7,12-13H,4-5,8-11H2,(H,19,24)(H,22,23). The van der Waals surface area contributed by atoms with Crippen molar-refractivity contribution < 1.29 is 14.7 Å². The van der Waals surface area contributed by atoms with Gasteiger partial charge in [0.2, 0.25) is 0 Å². The lowest BCUT2D eigenvalue weighted by molar-refractivity contribution is -0.137. The average Bonchev–Trinajstić information content (AvgIpc) is 3.33. The molecule has 1 amide bonds. The van der Waals surface area contributed by atoms with Crippen LogP contribution in [0.2, 0.25) is 0 Å². The molecule has 0 radical (unpaired) electrons. The first-order valence-corrected chi connectivity index (χ1v) is 8.30. The van der Waals surface area contributed by atoms with E-state index < -0.39 is 5.97 Å². The van der Waals surface area contributed by atoms with Crippen LogP contribution in [0.3, 0.4) is 0 Å². The largest absolute Gasteiger partial charge is 0.481 e. The molecule has 1 heterocycles. The molecule has 0 spiro atoms. The lowest BCUT2D eigenvalue weighted by Gasteiger charge is -2.08. The van der Waals surface area contributed by atoms with Gasteiger partial charge in [-0.15, -0.1) is 0 Å². The molecule has 1 aliphatic carbocycles. The van der Waals surface area contributed by atoms with E-state index in [2.05, 4.69) is 10.4 Å². The maximum atomic E-state index is 12.5. The first-order chi connectivity index (χ1) is 11.6. The molecule has 0 aliphatic heterocycles. The highest BCUT2D eigenvalue weighted by molar-refractivity contribution is 5.93. The first-order valence-electron chi connectivity index (χ1n) is 8.30. The molecule has 2 aromatic rings. The number of hydrogen-bond acceptors (Lipinski definition) is 3. The molecule has 24 heavy (non-hydrogen) atoms. The molecule has 0 atom stereocenters. The molecule has 0 unspecified atom stereocenters. The van der Waals surface area contributed by atoms with Gasteiger partial charge in [-0.3, -0.25) is 9.59 Å². The summed E-state index contributed by atoms with van der Waals surface area (Å²) in [7, 11) is 0. The summed E-state index contributed by atoms with van der Waals surface area (Å²) in [5.74, 6) is -0.511. The summed E-state index contributed by atoms with van der Waals surface area (Å²) < 4.78 is 1.69. The van der Waals surface area contributed by atoms with E-state index in [1.165, 1.54) is 0 Å². The summed E-state index contributed by atoms with van der Waals surface area (Å²) in [4.78, 5) is 23.0. The number of hydrogen-bond donors (Lipinski definition) is 2.